The number of nitrogens with two attached hydrogens (primary N) is 1. The third-order valence-electron chi connectivity index (χ3n) is 6.37. The molecule has 1 amide bonds. The maximum atomic E-state index is 12.4. The predicted octanol–water partition coefficient (Wildman–Crippen LogP) is 5.75. The lowest BCUT2D eigenvalue weighted by atomic mass is 10.0. The first kappa shape index (κ1) is 26.7. The molecule has 0 spiro atoms. The number of carbonyl (C=O) groups is 1. The largest absolute Gasteiger partial charge is 0.448 e. The van der Waals surface area contributed by atoms with E-state index in [0.717, 1.165) is 39.3 Å². The van der Waals surface area contributed by atoms with Crippen molar-refractivity contribution in [2.45, 2.75) is 18.2 Å². The second kappa shape index (κ2) is 11.5. The van der Waals surface area contributed by atoms with Crippen LogP contribution in [0.15, 0.2) is 114 Å². The third-order valence-corrected chi connectivity index (χ3v) is 7.69. The molecular weight excluding hydrogens is 524 g/mol. The molecule has 5 rings (SSSR count). The minimum absolute atomic E-state index is 0.00490. The number of ether oxygens (including phenoxy) is 1. The smallest absolute Gasteiger partial charge is 0.421 e. The number of anilines is 1. The molecule has 0 bridgehead atoms. The number of carbonyl (C=O) groups excluding carboxylic acids is 1. The monoisotopic (exact) mass is 552 g/mol. The third kappa shape index (κ3) is 5.89. The molecule has 0 aliphatic carbocycles. The summed E-state index contributed by atoms with van der Waals surface area (Å²) in [6.07, 6.45) is -0.622. The van der Waals surface area contributed by atoms with Crippen molar-refractivity contribution in [2.24, 2.45) is 0 Å². The molecule has 0 fully saturated rings. The lowest BCUT2D eigenvalue weighted by Crippen LogP contribution is -2.31. The molecule has 1 aromatic heterocycles. The van der Waals surface area contributed by atoms with Gasteiger partial charge in [0.2, 0.25) is 5.95 Å². The van der Waals surface area contributed by atoms with E-state index in [1.807, 2.05) is 101 Å². The summed E-state index contributed by atoms with van der Waals surface area (Å²) in [7, 11) is -4.00. The van der Waals surface area contributed by atoms with Crippen LogP contribution in [0.1, 0.15) is 11.1 Å². The number of benzene rings is 4. The summed E-state index contributed by atoms with van der Waals surface area (Å²) in [4.78, 5) is 16.8. The van der Waals surface area contributed by atoms with Gasteiger partial charge in [-0.2, -0.15) is 0 Å². The average molecular weight is 553 g/mol. The minimum Gasteiger partial charge on any atom is -0.448 e. The highest BCUT2D eigenvalue weighted by molar-refractivity contribution is 7.90. The molecule has 0 atom stereocenters. The van der Waals surface area contributed by atoms with E-state index in [4.69, 9.17) is 15.5 Å². The van der Waals surface area contributed by atoms with Gasteiger partial charge in [0.25, 0.3) is 10.0 Å². The highest BCUT2D eigenvalue weighted by Crippen LogP contribution is 2.36. The first-order chi connectivity index (χ1) is 19.3. The second-order valence-electron chi connectivity index (χ2n) is 9.21. The molecule has 8 nitrogen and oxygen atoms in total. The number of sulfonamides is 1. The van der Waals surface area contributed by atoms with Gasteiger partial charge in [0.15, 0.2) is 0 Å². The number of nitrogens with zero attached hydrogens (tertiary/aromatic N) is 2. The number of nitrogens with one attached hydrogen (secondary N) is 1. The van der Waals surface area contributed by atoms with Crippen LogP contribution in [0.4, 0.5) is 10.7 Å². The van der Waals surface area contributed by atoms with Crippen LogP contribution in [-0.4, -0.2) is 30.7 Å². The van der Waals surface area contributed by atoms with Gasteiger partial charge in [0.1, 0.15) is 0 Å². The van der Waals surface area contributed by atoms with E-state index in [-0.39, 0.29) is 11.5 Å². The van der Waals surface area contributed by atoms with E-state index in [2.05, 4.69) is 0 Å². The summed E-state index contributed by atoms with van der Waals surface area (Å²) in [5.74, 6) is 0.361. The lowest BCUT2D eigenvalue weighted by Gasteiger charge is -2.13. The Morgan fingerprint density at radius 2 is 1.45 bits per heavy atom. The molecule has 0 aliphatic heterocycles. The Labute approximate surface area is 233 Å². The summed E-state index contributed by atoms with van der Waals surface area (Å²) in [6.45, 7) is 1.86. The van der Waals surface area contributed by atoms with E-state index in [9.17, 15) is 13.2 Å². The van der Waals surface area contributed by atoms with Crippen LogP contribution in [0.3, 0.4) is 0 Å². The fraction of sp³-hybridized carbons (Fsp3) is 0.0968. The van der Waals surface area contributed by atoms with Crippen LogP contribution in [0.25, 0.3) is 28.2 Å². The maximum Gasteiger partial charge on any atom is 0.421 e. The zero-order valence-corrected chi connectivity index (χ0v) is 22.6. The van der Waals surface area contributed by atoms with Crippen molar-refractivity contribution in [2.75, 3.05) is 12.3 Å². The highest BCUT2D eigenvalue weighted by Gasteiger charge is 2.20. The fourth-order valence-electron chi connectivity index (χ4n) is 4.35. The molecular formula is C31H28N4O4S. The number of hydrogen-bond donors (Lipinski definition) is 2. The number of imidazole rings is 1. The quantitative estimate of drug-likeness (QED) is 0.253. The molecule has 0 unspecified atom stereocenters. The van der Waals surface area contributed by atoms with Crippen molar-refractivity contribution in [1.29, 1.82) is 0 Å². The molecule has 3 N–H and O–H groups in total. The first-order valence-corrected chi connectivity index (χ1v) is 14.1. The van der Waals surface area contributed by atoms with Gasteiger partial charge in [0, 0.05) is 23.2 Å². The van der Waals surface area contributed by atoms with Gasteiger partial charge in [-0.15, -0.1) is 0 Å². The zero-order valence-electron chi connectivity index (χ0n) is 21.8. The molecule has 9 heteroatoms. The summed E-state index contributed by atoms with van der Waals surface area (Å²) < 4.78 is 33.7. The van der Waals surface area contributed by atoms with Gasteiger partial charge < -0.3 is 10.5 Å². The molecule has 5 aromatic rings. The summed E-state index contributed by atoms with van der Waals surface area (Å²) in [6, 6.07) is 33.7. The summed E-state index contributed by atoms with van der Waals surface area (Å²) in [5.41, 5.74) is 12.7. The molecule has 202 valence electrons. The topological polar surface area (TPSA) is 116 Å². The van der Waals surface area contributed by atoms with Crippen molar-refractivity contribution >= 4 is 22.1 Å². The molecule has 1 heterocycles. The Morgan fingerprint density at radius 3 is 2.08 bits per heavy atom. The Hall–Kier alpha value is -4.89. The highest BCUT2D eigenvalue weighted by atomic mass is 32.2. The normalized spacial score (nSPS) is 11.2. The molecule has 0 aliphatic rings. The standard InChI is InChI=1S/C31H28N4O4S/c1-22-12-18-27(19-13-22)40(37,38)34-31(36)39-21-20-23-14-16-26(17-15-23)35-29(25-10-6-3-7-11-25)28(33-30(35)32)24-8-4-2-5-9-24/h2-19H,20-21H2,1H3,(H2,32,33)(H,34,36). The van der Waals surface area contributed by atoms with Crippen molar-refractivity contribution in [3.8, 4) is 28.2 Å². The number of rotatable bonds is 8. The zero-order chi connectivity index (χ0) is 28.1. The Kier molecular flexibility index (Phi) is 7.65. The SMILES string of the molecule is Cc1ccc(S(=O)(=O)NC(=O)OCCc2ccc(-n3c(N)nc(-c4ccccc4)c3-c3ccccc3)cc2)cc1. The molecule has 0 radical (unpaired) electrons. The van der Waals surface area contributed by atoms with Crippen molar-refractivity contribution in [3.63, 3.8) is 0 Å². The van der Waals surface area contributed by atoms with Crippen molar-refractivity contribution in [1.82, 2.24) is 14.3 Å². The van der Waals surface area contributed by atoms with Gasteiger partial charge in [-0.25, -0.2) is 22.9 Å². The van der Waals surface area contributed by atoms with Crippen LogP contribution in [-0.2, 0) is 21.2 Å². The molecule has 0 saturated heterocycles. The van der Waals surface area contributed by atoms with Gasteiger partial charge in [-0.05, 0) is 36.8 Å². The Balaban J connectivity index is 1.30. The number of aryl methyl sites for hydroxylation is 1. The number of hydrogen-bond acceptors (Lipinski definition) is 6. The van der Waals surface area contributed by atoms with Crippen LogP contribution in [0.2, 0.25) is 0 Å². The van der Waals surface area contributed by atoms with E-state index in [0.29, 0.717) is 12.4 Å². The maximum absolute atomic E-state index is 12.4. The number of nitrogen functional groups attached to an aromatic ring is 1. The molecule has 4 aromatic carbocycles. The predicted molar refractivity (Wildman–Crippen MR) is 155 cm³/mol. The van der Waals surface area contributed by atoms with Gasteiger partial charge in [-0.1, -0.05) is 90.5 Å². The number of aromatic nitrogens is 2. The average Bonchev–Trinajstić information content (AvgIpc) is 3.31. The summed E-state index contributed by atoms with van der Waals surface area (Å²) in [5, 5.41) is 0. The van der Waals surface area contributed by atoms with Crippen molar-refractivity contribution in [3.05, 3.63) is 120 Å². The van der Waals surface area contributed by atoms with E-state index in [1.54, 1.807) is 12.1 Å². The van der Waals surface area contributed by atoms with Gasteiger partial charge >= 0.3 is 6.09 Å². The van der Waals surface area contributed by atoms with Crippen LogP contribution in [0, 0.1) is 6.92 Å². The lowest BCUT2D eigenvalue weighted by molar-refractivity contribution is 0.154. The van der Waals surface area contributed by atoms with Gasteiger partial charge in [-0.3, -0.25) is 4.57 Å². The van der Waals surface area contributed by atoms with E-state index in [1.165, 1.54) is 12.1 Å². The van der Waals surface area contributed by atoms with Crippen LogP contribution in [0.5, 0.6) is 0 Å². The Bertz CT molecular complexity index is 1720. The minimum atomic E-state index is -4.00. The molecule has 40 heavy (non-hydrogen) atoms. The van der Waals surface area contributed by atoms with Crippen LogP contribution >= 0.6 is 0 Å². The van der Waals surface area contributed by atoms with E-state index >= 15 is 0 Å². The van der Waals surface area contributed by atoms with Crippen molar-refractivity contribution < 1.29 is 17.9 Å². The summed E-state index contributed by atoms with van der Waals surface area (Å²) >= 11 is 0. The molecule has 0 saturated carbocycles. The number of amides is 1. The van der Waals surface area contributed by atoms with Crippen LogP contribution < -0.4 is 10.5 Å². The fourth-order valence-corrected chi connectivity index (χ4v) is 5.24. The van der Waals surface area contributed by atoms with E-state index < -0.39 is 16.1 Å². The van der Waals surface area contributed by atoms with Gasteiger partial charge in [0.05, 0.1) is 22.9 Å². The Morgan fingerprint density at radius 1 is 0.850 bits per heavy atom. The second-order valence-corrected chi connectivity index (χ2v) is 10.9. The first-order valence-electron chi connectivity index (χ1n) is 12.7.